The Morgan fingerprint density at radius 1 is 1.12 bits per heavy atom. The third-order valence-corrected chi connectivity index (χ3v) is 5.65. The highest BCUT2D eigenvalue weighted by Gasteiger charge is 2.21. The largest absolute Gasteiger partial charge is 0.495 e. The van der Waals surface area contributed by atoms with Gasteiger partial charge < -0.3 is 4.74 Å². The number of aromatic nitrogens is 2. The van der Waals surface area contributed by atoms with Crippen LogP contribution >= 0.6 is 31.9 Å². The number of benzene rings is 2. The second kappa shape index (κ2) is 7.19. The number of hydrogen-bond donors (Lipinski definition) is 1. The summed E-state index contributed by atoms with van der Waals surface area (Å²) in [6.45, 7) is 0. The molecule has 0 fully saturated rings. The molecule has 0 spiro atoms. The zero-order valence-corrected chi connectivity index (χ0v) is 17.0. The van der Waals surface area contributed by atoms with Crippen molar-refractivity contribution in [3.63, 3.8) is 0 Å². The number of halogens is 2. The third kappa shape index (κ3) is 3.88. The Hall–Kier alpha value is -1.84. The molecule has 6 nitrogen and oxygen atoms in total. The summed E-state index contributed by atoms with van der Waals surface area (Å²) in [6, 6.07) is 11.8. The van der Waals surface area contributed by atoms with Gasteiger partial charge in [-0.25, -0.2) is 13.1 Å². The normalized spacial score (nSPS) is 11.3. The van der Waals surface area contributed by atoms with Crippen molar-refractivity contribution in [3.05, 3.63) is 63.8 Å². The van der Waals surface area contributed by atoms with E-state index in [2.05, 4.69) is 41.7 Å². The second-order valence-electron chi connectivity index (χ2n) is 5.02. The molecule has 0 saturated heterocycles. The van der Waals surface area contributed by atoms with Gasteiger partial charge in [0, 0.05) is 10.7 Å². The first-order chi connectivity index (χ1) is 11.9. The van der Waals surface area contributed by atoms with Gasteiger partial charge in [0.25, 0.3) is 10.0 Å². The van der Waals surface area contributed by atoms with Crippen LogP contribution in [0.5, 0.6) is 5.75 Å². The first kappa shape index (κ1) is 18.0. The average Bonchev–Trinajstić information content (AvgIpc) is 3.01. The van der Waals surface area contributed by atoms with E-state index in [0.717, 1.165) is 4.47 Å². The molecule has 0 amide bonds. The number of hydrogen-bond acceptors (Lipinski definition) is 4. The van der Waals surface area contributed by atoms with Crippen LogP contribution in [0.2, 0.25) is 0 Å². The summed E-state index contributed by atoms with van der Waals surface area (Å²) in [6.07, 6.45) is 3.37. The Bertz CT molecular complexity index is 1020. The first-order valence-corrected chi connectivity index (χ1v) is 10.1. The fraction of sp³-hybridized carbons (Fsp3) is 0.0625. The Labute approximate surface area is 162 Å². The number of anilines is 1. The van der Waals surface area contributed by atoms with Crippen molar-refractivity contribution in [3.8, 4) is 11.4 Å². The SMILES string of the molecule is COc1ccc(Br)cc1S(=O)(=O)Nc1ccccc1-n1cc(Br)cn1. The van der Waals surface area contributed by atoms with Gasteiger partial charge in [-0.15, -0.1) is 0 Å². The number of rotatable bonds is 5. The van der Waals surface area contributed by atoms with Crippen molar-refractivity contribution in [2.24, 2.45) is 0 Å². The zero-order chi connectivity index (χ0) is 18.0. The van der Waals surface area contributed by atoms with Crippen LogP contribution < -0.4 is 9.46 Å². The van der Waals surface area contributed by atoms with Crippen LogP contribution in [-0.4, -0.2) is 25.3 Å². The van der Waals surface area contributed by atoms with E-state index in [1.807, 2.05) is 6.07 Å². The van der Waals surface area contributed by atoms with Crippen molar-refractivity contribution < 1.29 is 13.2 Å². The maximum Gasteiger partial charge on any atom is 0.265 e. The molecule has 9 heteroatoms. The van der Waals surface area contributed by atoms with Gasteiger partial charge in [-0.2, -0.15) is 5.10 Å². The summed E-state index contributed by atoms with van der Waals surface area (Å²) in [7, 11) is -2.43. The van der Waals surface area contributed by atoms with E-state index in [9.17, 15) is 8.42 Å². The van der Waals surface area contributed by atoms with Gasteiger partial charge >= 0.3 is 0 Å². The standard InChI is InChI=1S/C16H13Br2N3O3S/c1-24-15-7-6-11(17)8-16(15)25(22,23)20-13-4-2-3-5-14(13)21-10-12(18)9-19-21/h2-10,20H,1H3. The molecule has 2 aromatic carbocycles. The fourth-order valence-corrected chi connectivity index (χ4v) is 4.32. The minimum absolute atomic E-state index is 0.0424. The summed E-state index contributed by atoms with van der Waals surface area (Å²) in [5.41, 5.74) is 1.01. The van der Waals surface area contributed by atoms with Crippen molar-refractivity contribution in [1.29, 1.82) is 0 Å². The van der Waals surface area contributed by atoms with Gasteiger partial charge in [0.05, 0.1) is 29.2 Å². The maximum absolute atomic E-state index is 12.9. The van der Waals surface area contributed by atoms with Crippen LogP contribution in [0.3, 0.4) is 0 Å². The molecule has 0 radical (unpaired) electrons. The highest BCUT2D eigenvalue weighted by Crippen LogP contribution is 2.30. The molecule has 1 heterocycles. The molecule has 130 valence electrons. The monoisotopic (exact) mass is 485 g/mol. The second-order valence-corrected chi connectivity index (χ2v) is 8.50. The van der Waals surface area contributed by atoms with Crippen molar-refractivity contribution in [2.75, 3.05) is 11.8 Å². The molecule has 3 aromatic rings. The number of sulfonamides is 1. The summed E-state index contributed by atoms with van der Waals surface area (Å²) in [4.78, 5) is 0.0424. The molecule has 0 saturated carbocycles. The van der Waals surface area contributed by atoms with Gasteiger partial charge in [0.1, 0.15) is 10.6 Å². The Kier molecular flexibility index (Phi) is 5.16. The number of methoxy groups -OCH3 is 1. The van der Waals surface area contributed by atoms with Crippen molar-refractivity contribution >= 4 is 47.6 Å². The van der Waals surface area contributed by atoms with E-state index < -0.39 is 10.0 Å². The van der Waals surface area contributed by atoms with Crippen LogP contribution in [-0.2, 0) is 10.0 Å². The van der Waals surface area contributed by atoms with Crippen LogP contribution in [0.25, 0.3) is 5.69 Å². The van der Waals surface area contributed by atoms with Gasteiger partial charge in [-0.05, 0) is 46.3 Å². The molecule has 1 aromatic heterocycles. The summed E-state index contributed by atoms with van der Waals surface area (Å²) in [5.74, 6) is 0.259. The molecule has 0 atom stereocenters. The number of ether oxygens (including phenoxy) is 1. The number of nitrogens with zero attached hydrogens (tertiary/aromatic N) is 2. The lowest BCUT2D eigenvalue weighted by molar-refractivity contribution is 0.403. The van der Waals surface area contributed by atoms with Crippen LogP contribution in [0.4, 0.5) is 5.69 Å². The molecule has 0 bridgehead atoms. The minimum Gasteiger partial charge on any atom is -0.495 e. The van der Waals surface area contributed by atoms with E-state index in [1.54, 1.807) is 47.4 Å². The molecule has 3 rings (SSSR count). The van der Waals surface area contributed by atoms with Crippen LogP contribution in [0.15, 0.2) is 68.7 Å². The third-order valence-electron chi connectivity index (χ3n) is 3.36. The Morgan fingerprint density at radius 2 is 1.88 bits per heavy atom. The van der Waals surface area contributed by atoms with Crippen LogP contribution in [0.1, 0.15) is 0 Å². The molecule has 25 heavy (non-hydrogen) atoms. The first-order valence-electron chi connectivity index (χ1n) is 7.06. The molecule has 0 unspecified atom stereocenters. The van der Waals surface area contributed by atoms with Crippen LogP contribution in [0, 0.1) is 0 Å². The zero-order valence-electron chi connectivity index (χ0n) is 13.0. The summed E-state index contributed by atoms with van der Waals surface area (Å²) < 4.78 is 36.5. The molecule has 1 N–H and O–H groups in total. The van der Waals surface area contributed by atoms with E-state index >= 15 is 0 Å². The van der Waals surface area contributed by atoms with E-state index in [0.29, 0.717) is 15.8 Å². The summed E-state index contributed by atoms with van der Waals surface area (Å²) in [5, 5.41) is 4.20. The predicted octanol–water partition coefficient (Wildman–Crippen LogP) is 4.21. The number of nitrogens with one attached hydrogen (secondary N) is 1. The van der Waals surface area contributed by atoms with E-state index in [1.165, 1.54) is 13.2 Å². The average molecular weight is 487 g/mol. The smallest absolute Gasteiger partial charge is 0.265 e. The fourth-order valence-electron chi connectivity index (χ4n) is 2.25. The topological polar surface area (TPSA) is 73.2 Å². The molecular formula is C16H13Br2N3O3S. The lowest BCUT2D eigenvalue weighted by atomic mass is 10.3. The van der Waals surface area contributed by atoms with E-state index in [-0.39, 0.29) is 10.6 Å². The summed E-state index contributed by atoms with van der Waals surface area (Å²) >= 11 is 6.63. The van der Waals surface area contributed by atoms with E-state index in [4.69, 9.17) is 4.74 Å². The molecule has 0 aliphatic heterocycles. The lowest BCUT2D eigenvalue weighted by Gasteiger charge is -2.14. The Morgan fingerprint density at radius 3 is 2.56 bits per heavy atom. The highest BCUT2D eigenvalue weighted by molar-refractivity contribution is 9.10. The maximum atomic E-state index is 12.9. The number of para-hydroxylation sites is 2. The quantitative estimate of drug-likeness (QED) is 0.586. The molecule has 0 aliphatic carbocycles. The van der Waals surface area contributed by atoms with Gasteiger partial charge in [0.2, 0.25) is 0 Å². The van der Waals surface area contributed by atoms with Gasteiger partial charge in [-0.1, -0.05) is 28.1 Å². The molecular weight excluding hydrogens is 474 g/mol. The van der Waals surface area contributed by atoms with Crippen molar-refractivity contribution in [1.82, 2.24) is 9.78 Å². The van der Waals surface area contributed by atoms with Crippen molar-refractivity contribution in [2.45, 2.75) is 4.90 Å². The predicted molar refractivity (Wildman–Crippen MR) is 103 cm³/mol. The Balaban J connectivity index is 2.04. The molecule has 0 aliphatic rings. The van der Waals surface area contributed by atoms with Gasteiger partial charge in [-0.3, -0.25) is 4.72 Å². The lowest BCUT2D eigenvalue weighted by Crippen LogP contribution is -2.15. The van der Waals surface area contributed by atoms with Gasteiger partial charge in [0.15, 0.2) is 0 Å². The minimum atomic E-state index is -3.86. The highest BCUT2D eigenvalue weighted by atomic mass is 79.9.